The SMILES string of the molecule is COc1cccc(OCC(=O)N/N=C(/C)c2ccc(-n3ccnc3)cc2)c1. The summed E-state index contributed by atoms with van der Waals surface area (Å²) in [6.07, 6.45) is 5.33. The molecule has 0 saturated carbocycles. The van der Waals surface area contributed by atoms with E-state index in [4.69, 9.17) is 9.47 Å². The number of carbonyl (C=O) groups is 1. The normalized spacial score (nSPS) is 11.1. The summed E-state index contributed by atoms with van der Waals surface area (Å²) >= 11 is 0. The van der Waals surface area contributed by atoms with E-state index in [2.05, 4.69) is 15.5 Å². The summed E-state index contributed by atoms with van der Waals surface area (Å²) < 4.78 is 12.5. The van der Waals surface area contributed by atoms with Gasteiger partial charge in [0.1, 0.15) is 11.5 Å². The van der Waals surface area contributed by atoms with Crippen molar-refractivity contribution in [2.45, 2.75) is 6.92 Å². The standard InChI is InChI=1S/C20H20N4O3/c1-15(16-6-8-17(9-7-16)24-11-10-21-14-24)22-23-20(25)13-27-19-5-3-4-18(12-19)26-2/h3-12,14H,13H2,1-2H3,(H,23,25)/b22-15-. The summed E-state index contributed by atoms with van der Waals surface area (Å²) in [5.74, 6) is 0.883. The third kappa shape index (κ3) is 4.94. The van der Waals surface area contributed by atoms with E-state index in [9.17, 15) is 4.79 Å². The van der Waals surface area contributed by atoms with Crippen LogP contribution in [0.4, 0.5) is 0 Å². The average Bonchev–Trinajstić information content (AvgIpc) is 3.25. The highest BCUT2D eigenvalue weighted by Gasteiger charge is 2.04. The van der Waals surface area contributed by atoms with Crippen LogP contribution in [0.1, 0.15) is 12.5 Å². The molecule has 3 rings (SSSR count). The Morgan fingerprint density at radius 3 is 2.67 bits per heavy atom. The molecule has 0 saturated heterocycles. The molecule has 7 heteroatoms. The van der Waals surface area contributed by atoms with Crippen molar-refractivity contribution in [1.82, 2.24) is 15.0 Å². The number of hydrogen-bond acceptors (Lipinski definition) is 5. The number of nitrogens with one attached hydrogen (secondary N) is 1. The number of ether oxygens (including phenoxy) is 2. The molecule has 0 atom stereocenters. The Hall–Kier alpha value is -3.61. The molecule has 0 bridgehead atoms. The van der Waals surface area contributed by atoms with E-state index in [-0.39, 0.29) is 12.5 Å². The minimum atomic E-state index is -0.341. The molecule has 1 heterocycles. The largest absolute Gasteiger partial charge is 0.497 e. The van der Waals surface area contributed by atoms with E-state index in [0.29, 0.717) is 17.2 Å². The first kappa shape index (κ1) is 18.2. The Morgan fingerprint density at radius 2 is 1.96 bits per heavy atom. The van der Waals surface area contributed by atoms with Crippen molar-refractivity contribution >= 4 is 11.6 Å². The van der Waals surface area contributed by atoms with E-state index in [1.807, 2.05) is 42.0 Å². The molecule has 1 aromatic heterocycles. The Bertz CT molecular complexity index is 919. The molecule has 27 heavy (non-hydrogen) atoms. The quantitative estimate of drug-likeness (QED) is 0.517. The van der Waals surface area contributed by atoms with Crippen LogP contribution < -0.4 is 14.9 Å². The zero-order valence-electron chi connectivity index (χ0n) is 15.1. The number of hydrogen-bond donors (Lipinski definition) is 1. The number of hydrazone groups is 1. The third-order valence-corrected chi connectivity index (χ3v) is 3.85. The van der Waals surface area contributed by atoms with Crippen LogP contribution in [0, 0.1) is 0 Å². The molecule has 1 N–H and O–H groups in total. The monoisotopic (exact) mass is 364 g/mol. The second-order valence-corrected chi connectivity index (χ2v) is 5.72. The predicted octanol–water partition coefficient (Wildman–Crippen LogP) is 2.80. The van der Waals surface area contributed by atoms with Crippen LogP contribution in [0.2, 0.25) is 0 Å². The van der Waals surface area contributed by atoms with E-state index in [0.717, 1.165) is 11.3 Å². The molecule has 0 unspecified atom stereocenters. The van der Waals surface area contributed by atoms with Gasteiger partial charge in [-0.2, -0.15) is 5.10 Å². The number of rotatable bonds is 7. The van der Waals surface area contributed by atoms with Gasteiger partial charge in [-0.15, -0.1) is 0 Å². The van der Waals surface area contributed by atoms with E-state index >= 15 is 0 Å². The smallest absolute Gasteiger partial charge is 0.277 e. The zero-order chi connectivity index (χ0) is 19.1. The van der Waals surface area contributed by atoms with Crippen LogP contribution in [0.25, 0.3) is 5.69 Å². The summed E-state index contributed by atoms with van der Waals surface area (Å²) in [5, 5.41) is 4.13. The van der Waals surface area contributed by atoms with Crippen LogP contribution >= 0.6 is 0 Å². The highest BCUT2D eigenvalue weighted by atomic mass is 16.5. The first-order chi connectivity index (χ1) is 13.2. The first-order valence-electron chi connectivity index (χ1n) is 8.34. The minimum absolute atomic E-state index is 0.135. The second-order valence-electron chi connectivity index (χ2n) is 5.72. The van der Waals surface area contributed by atoms with Gasteiger partial charge < -0.3 is 14.0 Å². The van der Waals surface area contributed by atoms with E-state index in [1.54, 1.807) is 43.9 Å². The lowest BCUT2D eigenvalue weighted by atomic mass is 10.1. The predicted molar refractivity (Wildman–Crippen MR) is 102 cm³/mol. The van der Waals surface area contributed by atoms with Crippen molar-refractivity contribution in [2.24, 2.45) is 5.10 Å². The molecule has 0 aliphatic carbocycles. The van der Waals surface area contributed by atoms with Crippen LogP contribution in [0.3, 0.4) is 0 Å². The van der Waals surface area contributed by atoms with Gasteiger partial charge >= 0.3 is 0 Å². The number of nitrogens with zero attached hydrogens (tertiary/aromatic N) is 3. The summed E-state index contributed by atoms with van der Waals surface area (Å²) in [7, 11) is 1.57. The number of aromatic nitrogens is 2. The number of imidazole rings is 1. The topological polar surface area (TPSA) is 77.7 Å². The van der Waals surface area contributed by atoms with Crippen molar-refractivity contribution in [2.75, 3.05) is 13.7 Å². The molecule has 3 aromatic rings. The number of carbonyl (C=O) groups excluding carboxylic acids is 1. The van der Waals surface area contributed by atoms with Gasteiger partial charge in [-0.1, -0.05) is 18.2 Å². The Labute approximate surface area is 157 Å². The Balaban J connectivity index is 1.54. The Kier molecular flexibility index (Phi) is 5.84. The fraction of sp³-hybridized carbons (Fsp3) is 0.150. The molecule has 0 spiro atoms. The summed E-state index contributed by atoms with van der Waals surface area (Å²) in [6.45, 7) is 1.69. The maximum Gasteiger partial charge on any atom is 0.277 e. The van der Waals surface area contributed by atoms with Gasteiger partial charge in [-0.3, -0.25) is 4.79 Å². The molecule has 2 aromatic carbocycles. The molecular weight excluding hydrogens is 344 g/mol. The van der Waals surface area contributed by atoms with Crippen LogP contribution in [0.15, 0.2) is 72.4 Å². The zero-order valence-corrected chi connectivity index (χ0v) is 15.1. The van der Waals surface area contributed by atoms with Gasteiger partial charge in [-0.05, 0) is 36.8 Å². The second kappa shape index (κ2) is 8.66. The van der Waals surface area contributed by atoms with Crippen LogP contribution in [-0.2, 0) is 4.79 Å². The number of benzene rings is 2. The molecule has 0 radical (unpaired) electrons. The third-order valence-electron chi connectivity index (χ3n) is 3.85. The number of methoxy groups -OCH3 is 1. The van der Waals surface area contributed by atoms with Crippen molar-refractivity contribution in [3.63, 3.8) is 0 Å². The molecule has 0 fully saturated rings. The lowest BCUT2D eigenvalue weighted by molar-refractivity contribution is -0.123. The van der Waals surface area contributed by atoms with Crippen molar-refractivity contribution < 1.29 is 14.3 Å². The minimum Gasteiger partial charge on any atom is -0.497 e. The number of amides is 1. The molecule has 0 aliphatic rings. The maximum atomic E-state index is 11.9. The van der Waals surface area contributed by atoms with E-state index < -0.39 is 0 Å². The Morgan fingerprint density at radius 1 is 1.19 bits per heavy atom. The van der Waals surface area contributed by atoms with Gasteiger partial charge in [0.05, 0.1) is 19.1 Å². The highest BCUT2D eigenvalue weighted by Crippen LogP contribution is 2.18. The fourth-order valence-corrected chi connectivity index (χ4v) is 2.37. The molecule has 7 nitrogen and oxygen atoms in total. The molecule has 1 amide bonds. The van der Waals surface area contributed by atoms with Crippen molar-refractivity contribution in [3.8, 4) is 17.2 Å². The van der Waals surface area contributed by atoms with E-state index in [1.165, 1.54) is 0 Å². The summed E-state index contributed by atoms with van der Waals surface area (Å²) in [6, 6.07) is 14.9. The van der Waals surface area contributed by atoms with Gasteiger partial charge in [0, 0.05) is 24.1 Å². The van der Waals surface area contributed by atoms with Crippen LogP contribution in [-0.4, -0.2) is 34.9 Å². The van der Waals surface area contributed by atoms with Crippen molar-refractivity contribution in [3.05, 3.63) is 72.8 Å². The van der Waals surface area contributed by atoms with Crippen molar-refractivity contribution in [1.29, 1.82) is 0 Å². The molecular formula is C20H20N4O3. The first-order valence-corrected chi connectivity index (χ1v) is 8.34. The molecule has 0 aliphatic heterocycles. The summed E-state index contributed by atoms with van der Waals surface area (Å²) in [5.41, 5.74) is 5.11. The van der Waals surface area contributed by atoms with Gasteiger partial charge in [-0.25, -0.2) is 10.4 Å². The molecule has 138 valence electrons. The van der Waals surface area contributed by atoms with Gasteiger partial charge in [0.25, 0.3) is 5.91 Å². The average molecular weight is 364 g/mol. The lowest BCUT2D eigenvalue weighted by Crippen LogP contribution is -2.25. The summed E-state index contributed by atoms with van der Waals surface area (Å²) in [4.78, 5) is 16.0. The van der Waals surface area contributed by atoms with Crippen LogP contribution in [0.5, 0.6) is 11.5 Å². The van der Waals surface area contributed by atoms with Gasteiger partial charge in [0.2, 0.25) is 0 Å². The van der Waals surface area contributed by atoms with Gasteiger partial charge in [0.15, 0.2) is 6.61 Å². The highest BCUT2D eigenvalue weighted by molar-refractivity contribution is 5.99. The maximum absolute atomic E-state index is 11.9. The fourth-order valence-electron chi connectivity index (χ4n) is 2.37. The lowest BCUT2D eigenvalue weighted by Gasteiger charge is -2.07.